The Balaban J connectivity index is 1.77. The van der Waals surface area contributed by atoms with Gasteiger partial charge in [-0.05, 0) is 92.5 Å². The summed E-state index contributed by atoms with van der Waals surface area (Å²) in [4.78, 5) is 0. The monoisotopic (exact) mass is 702 g/mol. The molecule has 1 aromatic carbocycles. The van der Waals surface area contributed by atoms with E-state index in [1.165, 1.54) is 19.3 Å². The Morgan fingerprint density at radius 3 is 2.19 bits per heavy atom. The van der Waals surface area contributed by atoms with Gasteiger partial charge in [0.25, 0.3) is 0 Å². The average Bonchev–Trinajstić information content (AvgIpc) is 3.70. The lowest BCUT2D eigenvalue weighted by Gasteiger charge is -2.37. The Kier molecular flexibility index (Phi) is 15.1. The highest BCUT2D eigenvalue weighted by Crippen LogP contribution is 2.47. The quantitative estimate of drug-likeness (QED) is 0.0631. The molecule has 0 aromatic heterocycles. The highest BCUT2D eigenvalue weighted by atomic mass is 28.4. The maximum Gasteiger partial charge on any atom is 0.250 e. The number of benzene rings is 1. The van der Waals surface area contributed by atoms with Crippen molar-refractivity contribution < 1.29 is 28.2 Å². The van der Waals surface area contributed by atoms with Crippen LogP contribution in [0.2, 0.25) is 36.3 Å². The van der Waals surface area contributed by atoms with Gasteiger partial charge in [-0.25, -0.2) is 0 Å². The number of unbranched alkanes of at least 4 members (excludes halogenated alkanes) is 4. The van der Waals surface area contributed by atoms with Crippen LogP contribution in [-0.2, 0) is 24.9 Å². The van der Waals surface area contributed by atoms with Crippen molar-refractivity contribution in [2.24, 2.45) is 5.92 Å². The van der Waals surface area contributed by atoms with Gasteiger partial charge in [0.1, 0.15) is 18.0 Å². The number of aliphatic hydroxyl groups is 1. The maximum absolute atomic E-state index is 12.1. The minimum absolute atomic E-state index is 0.0308. The predicted molar refractivity (Wildman–Crippen MR) is 205 cm³/mol. The minimum Gasteiger partial charge on any atom is -0.546 e. The number of allylic oxidation sites excluding steroid dienone is 2. The zero-order chi connectivity index (χ0) is 35.8. The Bertz CT molecular complexity index is 1180. The lowest BCUT2D eigenvalue weighted by Crippen LogP contribution is -2.41. The number of hydrogen-bond acceptors (Lipinski definition) is 6. The van der Waals surface area contributed by atoms with Crippen LogP contribution >= 0.6 is 0 Å². The molecule has 5 atom stereocenters. The van der Waals surface area contributed by atoms with Crippen LogP contribution in [0.25, 0.3) is 0 Å². The second kappa shape index (κ2) is 17.7. The number of ether oxygens (including phenoxy) is 3. The summed E-state index contributed by atoms with van der Waals surface area (Å²) in [7, 11) is -2.22. The van der Waals surface area contributed by atoms with Crippen LogP contribution in [0.15, 0.2) is 47.7 Å². The van der Waals surface area contributed by atoms with Crippen molar-refractivity contribution in [2.75, 3.05) is 13.7 Å². The van der Waals surface area contributed by atoms with Crippen LogP contribution < -0.4 is 4.74 Å². The SMILES string of the molecule is CCCCC/C=C\C[C@@H]1C(C(O)[C@H]2O[C@@H]2CCCCO[Si](C)(C)C(C)(C)C)=C(O[Si](C)(C)C(C)(C)C)C[C@H]1OCc1ccc(OC)cc1. The maximum atomic E-state index is 12.1. The first-order valence-electron chi connectivity index (χ1n) is 18.7. The molecule has 48 heavy (non-hydrogen) atoms. The van der Waals surface area contributed by atoms with Crippen LogP contribution in [-0.4, -0.2) is 59.9 Å². The summed E-state index contributed by atoms with van der Waals surface area (Å²) in [5, 5.41) is 12.3. The molecule has 0 bridgehead atoms. The van der Waals surface area contributed by atoms with Crippen molar-refractivity contribution in [3.8, 4) is 5.75 Å². The smallest absolute Gasteiger partial charge is 0.250 e. The van der Waals surface area contributed by atoms with Gasteiger partial charge in [0.05, 0.1) is 31.7 Å². The normalized spacial score (nSPS) is 22.9. The molecule has 1 heterocycles. The van der Waals surface area contributed by atoms with Crippen molar-refractivity contribution in [1.29, 1.82) is 0 Å². The molecule has 1 unspecified atom stereocenters. The van der Waals surface area contributed by atoms with Crippen molar-refractivity contribution >= 4 is 16.6 Å². The average molecular weight is 703 g/mol. The summed E-state index contributed by atoms with van der Waals surface area (Å²) in [6.07, 6.45) is 12.9. The molecule has 3 rings (SSSR count). The predicted octanol–water partition coefficient (Wildman–Crippen LogP) is 10.7. The summed E-state index contributed by atoms with van der Waals surface area (Å²) in [5.41, 5.74) is 2.11. The first-order valence-corrected chi connectivity index (χ1v) is 24.5. The first kappa shape index (κ1) is 41.0. The summed E-state index contributed by atoms with van der Waals surface area (Å²) in [6.45, 7) is 26.4. The molecule has 1 saturated heterocycles. The fourth-order valence-corrected chi connectivity index (χ4v) is 8.09. The number of methoxy groups -OCH3 is 1. The number of rotatable bonds is 20. The van der Waals surface area contributed by atoms with Crippen LogP contribution in [0.3, 0.4) is 0 Å². The zero-order valence-electron chi connectivity index (χ0n) is 32.6. The van der Waals surface area contributed by atoms with E-state index in [4.69, 9.17) is 23.1 Å². The molecule has 0 spiro atoms. The fraction of sp³-hybridized carbons (Fsp3) is 0.750. The summed E-state index contributed by atoms with van der Waals surface area (Å²) < 4.78 is 31.7. The van der Waals surface area contributed by atoms with Gasteiger partial charge in [-0.2, -0.15) is 0 Å². The van der Waals surface area contributed by atoms with Gasteiger partial charge >= 0.3 is 0 Å². The Morgan fingerprint density at radius 2 is 1.58 bits per heavy atom. The summed E-state index contributed by atoms with van der Waals surface area (Å²) in [5.74, 6) is 1.81. The van der Waals surface area contributed by atoms with Gasteiger partial charge in [0.2, 0.25) is 8.32 Å². The third kappa shape index (κ3) is 11.6. The molecule has 8 heteroatoms. The third-order valence-electron chi connectivity index (χ3n) is 11.3. The molecule has 6 nitrogen and oxygen atoms in total. The molecule has 0 saturated carbocycles. The van der Waals surface area contributed by atoms with E-state index in [2.05, 4.69) is 98.9 Å². The molecule has 1 N–H and O–H groups in total. The van der Waals surface area contributed by atoms with Gasteiger partial charge in [0.15, 0.2) is 8.32 Å². The highest BCUT2D eigenvalue weighted by molar-refractivity contribution is 6.74. The van der Waals surface area contributed by atoms with Crippen LogP contribution in [0, 0.1) is 5.92 Å². The Labute approximate surface area is 296 Å². The second-order valence-electron chi connectivity index (χ2n) is 17.1. The van der Waals surface area contributed by atoms with E-state index in [0.29, 0.717) is 13.0 Å². The zero-order valence-corrected chi connectivity index (χ0v) is 34.6. The Morgan fingerprint density at radius 1 is 0.917 bits per heavy atom. The Hall–Kier alpha value is -1.43. The number of aliphatic hydroxyl groups excluding tert-OH is 1. The van der Waals surface area contributed by atoms with E-state index in [9.17, 15) is 5.11 Å². The molecule has 2 aliphatic rings. The van der Waals surface area contributed by atoms with E-state index < -0.39 is 22.7 Å². The topological polar surface area (TPSA) is 69.7 Å². The van der Waals surface area contributed by atoms with Gasteiger partial charge in [-0.15, -0.1) is 0 Å². The van der Waals surface area contributed by atoms with Crippen LogP contribution in [0.5, 0.6) is 5.75 Å². The second-order valence-corrected chi connectivity index (χ2v) is 26.7. The molecule has 0 radical (unpaired) electrons. The minimum atomic E-state index is -2.17. The van der Waals surface area contributed by atoms with Gasteiger partial charge in [-0.3, -0.25) is 0 Å². The van der Waals surface area contributed by atoms with E-state index >= 15 is 0 Å². The van der Waals surface area contributed by atoms with Gasteiger partial charge in [0, 0.05) is 24.5 Å². The summed E-state index contributed by atoms with van der Waals surface area (Å²) >= 11 is 0. The van der Waals surface area contributed by atoms with Crippen molar-refractivity contribution in [2.45, 2.75) is 174 Å². The van der Waals surface area contributed by atoms with Crippen LogP contribution in [0.4, 0.5) is 0 Å². The summed E-state index contributed by atoms with van der Waals surface area (Å²) in [6, 6.07) is 8.08. The van der Waals surface area contributed by atoms with E-state index in [-0.39, 0.29) is 34.3 Å². The number of hydrogen-bond donors (Lipinski definition) is 1. The van der Waals surface area contributed by atoms with Crippen LogP contribution in [0.1, 0.15) is 112 Å². The molecule has 1 aliphatic carbocycles. The highest BCUT2D eigenvalue weighted by Gasteiger charge is 2.51. The molecule has 274 valence electrons. The van der Waals surface area contributed by atoms with E-state index in [1.807, 2.05) is 12.1 Å². The third-order valence-corrected chi connectivity index (χ3v) is 20.2. The van der Waals surface area contributed by atoms with E-state index in [1.54, 1.807) is 7.11 Å². The van der Waals surface area contributed by atoms with Crippen molar-refractivity contribution in [3.63, 3.8) is 0 Å². The fourth-order valence-electron chi connectivity index (χ4n) is 5.88. The van der Waals surface area contributed by atoms with Crippen molar-refractivity contribution in [1.82, 2.24) is 0 Å². The van der Waals surface area contributed by atoms with Gasteiger partial charge in [-0.1, -0.05) is 85.6 Å². The molecular formula is C40H70O6Si2. The number of epoxide rings is 1. The first-order chi connectivity index (χ1) is 22.4. The molecule has 0 amide bonds. The van der Waals surface area contributed by atoms with Crippen molar-refractivity contribution in [3.05, 3.63) is 53.3 Å². The van der Waals surface area contributed by atoms with E-state index in [0.717, 1.165) is 61.4 Å². The van der Waals surface area contributed by atoms with Gasteiger partial charge < -0.3 is 28.2 Å². The largest absolute Gasteiger partial charge is 0.546 e. The lowest BCUT2D eigenvalue weighted by molar-refractivity contribution is 0.0130. The molecular weight excluding hydrogens is 633 g/mol. The standard InChI is InChI=1S/C40H70O6Si2/c1-13-14-15-16-17-18-21-32-34(43-29-30-23-25-31(42-8)26-24-30)28-35(46-48(11,12)40(5,6)7)36(32)37(41)38-33(45-38)22-19-20-27-44-47(9,10)39(2,3)4/h17-18,23-26,32-34,37-38,41H,13-16,19-22,27-29H2,1-12H3/b18-17-/t32-,33+,34+,37?,38-/m0/s1. The molecule has 1 aliphatic heterocycles. The lowest BCUT2D eigenvalue weighted by atomic mass is 9.89. The molecule has 1 aromatic rings. The molecule has 1 fully saturated rings.